The Hall–Kier alpha value is -1.68. The number of hydrogen-bond donors (Lipinski definition) is 0. The van der Waals surface area contributed by atoms with Gasteiger partial charge in [-0.05, 0) is 43.5 Å². The Labute approximate surface area is 109 Å². The van der Waals surface area contributed by atoms with Gasteiger partial charge in [-0.1, -0.05) is 0 Å². The molecule has 2 nitrogen and oxygen atoms in total. The summed E-state index contributed by atoms with van der Waals surface area (Å²) in [5, 5.41) is 2.12. The largest absolute Gasteiger partial charge is 0.341 e. The van der Waals surface area contributed by atoms with Gasteiger partial charge in [0.15, 0.2) is 0 Å². The molecule has 2 heterocycles. The number of thiazole rings is 1. The SMILES string of the molecule is Cc1nc(Cn2ccc3ccc(F)cc32)sc1C. The highest BCUT2D eigenvalue weighted by Crippen LogP contribution is 2.21. The predicted octanol–water partition coefficient (Wildman–Crippen LogP) is 3.90. The molecule has 3 aromatic rings. The molecule has 0 N–H and O–H groups in total. The van der Waals surface area contributed by atoms with Gasteiger partial charge in [0.2, 0.25) is 0 Å². The Morgan fingerprint density at radius 3 is 2.83 bits per heavy atom. The van der Waals surface area contributed by atoms with E-state index in [4.69, 9.17) is 0 Å². The maximum Gasteiger partial charge on any atom is 0.125 e. The molecular weight excluding hydrogens is 247 g/mol. The van der Waals surface area contributed by atoms with Gasteiger partial charge in [-0.3, -0.25) is 0 Å². The van der Waals surface area contributed by atoms with E-state index in [1.807, 2.05) is 23.8 Å². The van der Waals surface area contributed by atoms with E-state index in [0.717, 1.165) is 21.6 Å². The van der Waals surface area contributed by atoms with Crippen LogP contribution >= 0.6 is 11.3 Å². The molecule has 0 aliphatic rings. The van der Waals surface area contributed by atoms with E-state index in [0.29, 0.717) is 6.54 Å². The minimum atomic E-state index is -0.200. The molecule has 92 valence electrons. The van der Waals surface area contributed by atoms with Crippen molar-refractivity contribution in [3.8, 4) is 0 Å². The monoisotopic (exact) mass is 260 g/mol. The summed E-state index contributed by atoms with van der Waals surface area (Å²) in [4.78, 5) is 5.76. The van der Waals surface area contributed by atoms with Gasteiger partial charge in [0.25, 0.3) is 0 Å². The standard InChI is InChI=1S/C14H13FN2S/c1-9-10(2)18-14(16-9)8-17-6-5-11-3-4-12(15)7-13(11)17/h3-7H,8H2,1-2H3. The molecule has 0 spiro atoms. The van der Waals surface area contributed by atoms with Crippen molar-refractivity contribution in [1.82, 2.24) is 9.55 Å². The second-order valence-electron chi connectivity index (χ2n) is 4.40. The first kappa shape index (κ1) is 11.4. The summed E-state index contributed by atoms with van der Waals surface area (Å²) in [6, 6.07) is 6.87. The van der Waals surface area contributed by atoms with E-state index in [9.17, 15) is 4.39 Å². The van der Waals surface area contributed by atoms with Crippen LogP contribution in [0.15, 0.2) is 30.5 Å². The molecule has 0 radical (unpaired) electrons. The first-order valence-corrected chi connectivity index (χ1v) is 6.62. The third kappa shape index (κ3) is 1.93. The van der Waals surface area contributed by atoms with Crippen LogP contribution in [0.25, 0.3) is 10.9 Å². The average Bonchev–Trinajstić information content (AvgIpc) is 2.85. The van der Waals surface area contributed by atoms with Crippen LogP contribution in [0.4, 0.5) is 4.39 Å². The summed E-state index contributed by atoms with van der Waals surface area (Å²) in [7, 11) is 0. The van der Waals surface area contributed by atoms with Gasteiger partial charge in [-0.2, -0.15) is 0 Å². The van der Waals surface area contributed by atoms with Crippen molar-refractivity contribution in [2.75, 3.05) is 0 Å². The molecular formula is C14H13FN2S. The lowest BCUT2D eigenvalue weighted by Crippen LogP contribution is -1.97. The van der Waals surface area contributed by atoms with E-state index < -0.39 is 0 Å². The van der Waals surface area contributed by atoms with Crippen LogP contribution in [-0.4, -0.2) is 9.55 Å². The highest BCUT2D eigenvalue weighted by Gasteiger charge is 2.07. The third-order valence-corrected chi connectivity index (χ3v) is 4.17. The summed E-state index contributed by atoms with van der Waals surface area (Å²) in [6.07, 6.45) is 1.98. The molecule has 0 saturated carbocycles. The topological polar surface area (TPSA) is 17.8 Å². The zero-order valence-corrected chi connectivity index (χ0v) is 11.1. The number of hydrogen-bond acceptors (Lipinski definition) is 2. The van der Waals surface area contributed by atoms with Crippen LogP contribution in [0.1, 0.15) is 15.6 Å². The zero-order valence-electron chi connectivity index (χ0n) is 10.3. The summed E-state index contributed by atoms with van der Waals surface area (Å²) in [6.45, 7) is 4.79. The second kappa shape index (κ2) is 4.21. The summed E-state index contributed by atoms with van der Waals surface area (Å²) >= 11 is 1.70. The van der Waals surface area contributed by atoms with Crippen LogP contribution < -0.4 is 0 Å². The highest BCUT2D eigenvalue weighted by molar-refractivity contribution is 7.11. The van der Waals surface area contributed by atoms with Crippen molar-refractivity contribution in [3.05, 3.63) is 51.9 Å². The van der Waals surface area contributed by atoms with Gasteiger partial charge in [-0.15, -0.1) is 11.3 Å². The lowest BCUT2D eigenvalue weighted by atomic mass is 10.2. The number of benzene rings is 1. The molecule has 0 unspecified atom stereocenters. The molecule has 0 atom stereocenters. The summed E-state index contributed by atoms with van der Waals surface area (Å²) < 4.78 is 15.3. The normalized spacial score (nSPS) is 11.3. The number of fused-ring (bicyclic) bond motifs is 1. The minimum absolute atomic E-state index is 0.200. The molecule has 3 rings (SSSR count). The highest BCUT2D eigenvalue weighted by atomic mass is 32.1. The lowest BCUT2D eigenvalue weighted by Gasteiger charge is -2.02. The van der Waals surface area contributed by atoms with E-state index in [1.54, 1.807) is 23.5 Å². The molecule has 0 aliphatic carbocycles. The zero-order chi connectivity index (χ0) is 12.7. The lowest BCUT2D eigenvalue weighted by molar-refractivity contribution is 0.628. The van der Waals surface area contributed by atoms with Crippen molar-refractivity contribution in [2.45, 2.75) is 20.4 Å². The number of aryl methyl sites for hydroxylation is 2. The predicted molar refractivity (Wildman–Crippen MR) is 72.6 cm³/mol. The van der Waals surface area contributed by atoms with Gasteiger partial charge in [0, 0.05) is 11.1 Å². The van der Waals surface area contributed by atoms with E-state index in [2.05, 4.69) is 11.9 Å². The molecule has 0 fully saturated rings. The fourth-order valence-corrected chi connectivity index (χ4v) is 2.98. The fourth-order valence-electron chi connectivity index (χ4n) is 2.05. The van der Waals surface area contributed by atoms with E-state index >= 15 is 0 Å². The number of aromatic nitrogens is 2. The quantitative estimate of drug-likeness (QED) is 0.683. The fraction of sp³-hybridized carbons (Fsp3) is 0.214. The van der Waals surface area contributed by atoms with Gasteiger partial charge in [0.1, 0.15) is 10.8 Å². The first-order chi connectivity index (χ1) is 8.63. The minimum Gasteiger partial charge on any atom is -0.341 e. The van der Waals surface area contributed by atoms with Crippen LogP contribution in [-0.2, 0) is 6.54 Å². The van der Waals surface area contributed by atoms with Crippen LogP contribution in [0, 0.1) is 19.7 Å². The van der Waals surface area contributed by atoms with Crippen LogP contribution in [0.2, 0.25) is 0 Å². The van der Waals surface area contributed by atoms with Crippen molar-refractivity contribution < 1.29 is 4.39 Å². The molecule has 0 bridgehead atoms. The number of halogens is 1. The first-order valence-electron chi connectivity index (χ1n) is 5.81. The Morgan fingerprint density at radius 2 is 2.11 bits per heavy atom. The third-order valence-electron chi connectivity index (χ3n) is 3.11. The molecule has 18 heavy (non-hydrogen) atoms. The molecule has 1 aromatic carbocycles. The van der Waals surface area contributed by atoms with Gasteiger partial charge < -0.3 is 4.57 Å². The molecule has 2 aromatic heterocycles. The van der Waals surface area contributed by atoms with E-state index in [1.165, 1.54) is 10.9 Å². The Morgan fingerprint density at radius 1 is 1.28 bits per heavy atom. The number of rotatable bonds is 2. The molecule has 0 saturated heterocycles. The Balaban J connectivity index is 2.02. The molecule has 4 heteroatoms. The maximum absolute atomic E-state index is 13.3. The van der Waals surface area contributed by atoms with Crippen molar-refractivity contribution >= 4 is 22.2 Å². The number of nitrogens with zero attached hydrogens (tertiary/aromatic N) is 2. The van der Waals surface area contributed by atoms with Crippen LogP contribution in [0.3, 0.4) is 0 Å². The average molecular weight is 260 g/mol. The van der Waals surface area contributed by atoms with Crippen LogP contribution in [0.5, 0.6) is 0 Å². The molecule has 0 amide bonds. The maximum atomic E-state index is 13.3. The van der Waals surface area contributed by atoms with Gasteiger partial charge in [0.05, 0.1) is 17.8 Å². The second-order valence-corrected chi connectivity index (χ2v) is 5.68. The summed E-state index contributed by atoms with van der Waals surface area (Å²) in [5.41, 5.74) is 2.00. The van der Waals surface area contributed by atoms with Gasteiger partial charge >= 0.3 is 0 Å². The van der Waals surface area contributed by atoms with Crippen molar-refractivity contribution in [3.63, 3.8) is 0 Å². The Bertz CT molecular complexity index is 692. The van der Waals surface area contributed by atoms with Crippen molar-refractivity contribution in [2.24, 2.45) is 0 Å². The van der Waals surface area contributed by atoms with Gasteiger partial charge in [-0.25, -0.2) is 9.37 Å². The molecule has 0 aliphatic heterocycles. The van der Waals surface area contributed by atoms with Crippen molar-refractivity contribution in [1.29, 1.82) is 0 Å². The summed E-state index contributed by atoms with van der Waals surface area (Å²) in [5.74, 6) is -0.200. The smallest absolute Gasteiger partial charge is 0.125 e. The Kier molecular flexibility index (Phi) is 2.67. The van der Waals surface area contributed by atoms with E-state index in [-0.39, 0.29) is 5.82 Å².